The maximum Gasteiger partial charge on any atom is 0.379 e. The normalized spacial score (nSPS) is 10.7. The van der Waals surface area contributed by atoms with Crippen molar-refractivity contribution in [2.75, 3.05) is 7.11 Å². The Morgan fingerprint density at radius 1 is 1.14 bits per heavy atom. The van der Waals surface area contributed by atoms with Crippen LogP contribution in [0.1, 0.15) is 21.7 Å². The van der Waals surface area contributed by atoms with E-state index < -0.39 is 5.97 Å². The van der Waals surface area contributed by atoms with Crippen LogP contribution in [0.2, 0.25) is 0 Å². The van der Waals surface area contributed by atoms with Crippen molar-refractivity contribution in [3.05, 3.63) is 82.2 Å². The molecule has 148 valence electrons. The predicted octanol–water partition coefficient (Wildman–Crippen LogP) is 3.96. The second-order valence-corrected chi connectivity index (χ2v) is 6.79. The fraction of sp³-hybridized carbons (Fsp3) is 0.0952. The van der Waals surface area contributed by atoms with E-state index in [9.17, 15) is 9.59 Å². The third-order valence-electron chi connectivity index (χ3n) is 3.79. The third-order valence-corrected chi connectivity index (χ3v) is 4.32. The molecule has 3 rings (SSSR count). The predicted molar refractivity (Wildman–Crippen MR) is 110 cm³/mol. The Bertz CT molecular complexity index is 1010. The number of hydrogen-bond acceptors (Lipinski definition) is 6. The molecule has 1 amide bonds. The van der Waals surface area contributed by atoms with Gasteiger partial charge in [-0.05, 0) is 53.6 Å². The first-order chi connectivity index (χ1) is 14.0. The summed E-state index contributed by atoms with van der Waals surface area (Å²) in [6, 6.07) is 15.5. The molecule has 0 aliphatic rings. The van der Waals surface area contributed by atoms with Crippen LogP contribution in [0, 0.1) is 0 Å². The van der Waals surface area contributed by atoms with Gasteiger partial charge in [0.15, 0.2) is 11.5 Å². The van der Waals surface area contributed by atoms with E-state index in [-0.39, 0.29) is 23.8 Å². The summed E-state index contributed by atoms with van der Waals surface area (Å²) in [6.07, 6.45) is 3.08. The van der Waals surface area contributed by atoms with Crippen LogP contribution in [0.25, 0.3) is 0 Å². The van der Waals surface area contributed by atoms with E-state index in [1.165, 1.54) is 25.7 Å². The zero-order chi connectivity index (χ0) is 20.6. The topological polar surface area (TPSA) is 90.1 Å². The smallest absolute Gasteiger partial charge is 0.379 e. The third kappa shape index (κ3) is 5.79. The molecule has 0 fully saturated rings. The summed E-state index contributed by atoms with van der Waals surface area (Å²) >= 11 is 3.35. The molecule has 1 N–H and O–H groups in total. The number of benzene rings is 2. The van der Waals surface area contributed by atoms with Crippen molar-refractivity contribution in [1.82, 2.24) is 5.43 Å². The molecule has 2 aromatic carbocycles. The van der Waals surface area contributed by atoms with E-state index in [4.69, 9.17) is 13.9 Å². The van der Waals surface area contributed by atoms with Gasteiger partial charge in [0.1, 0.15) is 0 Å². The molecule has 0 saturated carbocycles. The number of rotatable bonds is 7. The maximum atomic E-state index is 12.0. The molecule has 3 aromatic rings. The first-order valence-corrected chi connectivity index (χ1v) is 9.34. The molecule has 1 aromatic heterocycles. The van der Waals surface area contributed by atoms with E-state index in [0.717, 1.165) is 10.0 Å². The minimum Gasteiger partial charge on any atom is -0.493 e. The highest BCUT2D eigenvalue weighted by Crippen LogP contribution is 2.28. The molecule has 29 heavy (non-hydrogen) atoms. The largest absolute Gasteiger partial charge is 0.493 e. The van der Waals surface area contributed by atoms with Crippen molar-refractivity contribution in [1.29, 1.82) is 0 Å². The fourth-order valence-electron chi connectivity index (χ4n) is 2.40. The number of nitrogens with one attached hydrogen (secondary N) is 1. The van der Waals surface area contributed by atoms with Crippen molar-refractivity contribution in [3.8, 4) is 11.5 Å². The van der Waals surface area contributed by atoms with Crippen LogP contribution in [-0.2, 0) is 11.2 Å². The Balaban J connectivity index is 1.59. The second-order valence-electron chi connectivity index (χ2n) is 5.87. The number of esters is 1. The molecule has 1 heterocycles. The summed E-state index contributed by atoms with van der Waals surface area (Å²) in [5.41, 5.74) is 4.01. The van der Waals surface area contributed by atoms with E-state index >= 15 is 0 Å². The van der Waals surface area contributed by atoms with Crippen LogP contribution < -0.4 is 14.9 Å². The summed E-state index contributed by atoms with van der Waals surface area (Å²) < 4.78 is 16.5. The lowest BCUT2D eigenvalue weighted by Crippen LogP contribution is -2.19. The molecular formula is C21H17BrN2O5. The molecule has 0 spiro atoms. The Kier molecular flexibility index (Phi) is 6.80. The van der Waals surface area contributed by atoms with Crippen molar-refractivity contribution in [2.45, 2.75) is 6.42 Å². The standard InChI is InChI=1S/C21H17BrN2O5/c1-27-19-11-15(6-9-17(19)29-21(26)18-3-2-10-28-18)13-23-24-20(25)12-14-4-7-16(22)8-5-14/h2-11,13H,12H2,1H3,(H,24,25)/b23-13-. The van der Waals surface area contributed by atoms with Crippen molar-refractivity contribution in [3.63, 3.8) is 0 Å². The van der Waals surface area contributed by atoms with Crippen LogP contribution in [-0.4, -0.2) is 25.2 Å². The Hall–Kier alpha value is -3.39. The number of ether oxygens (including phenoxy) is 2. The molecule has 0 radical (unpaired) electrons. The summed E-state index contributed by atoms with van der Waals surface area (Å²) in [6.45, 7) is 0. The Morgan fingerprint density at radius 2 is 1.93 bits per heavy atom. The minimum absolute atomic E-state index is 0.0891. The number of halogens is 1. The van der Waals surface area contributed by atoms with Gasteiger partial charge in [0.05, 0.1) is 26.0 Å². The van der Waals surface area contributed by atoms with Crippen LogP contribution in [0.5, 0.6) is 11.5 Å². The zero-order valence-corrected chi connectivity index (χ0v) is 17.0. The zero-order valence-electron chi connectivity index (χ0n) is 15.4. The number of nitrogens with zero attached hydrogens (tertiary/aromatic N) is 1. The molecule has 0 unspecified atom stereocenters. The van der Waals surface area contributed by atoms with E-state index in [1.807, 2.05) is 24.3 Å². The van der Waals surface area contributed by atoms with Crippen molar-refractivity contribution < 1.29 is 23.5 Å². The van der Waals surface area contributed by atoms with Gasteiger partial charge in [-0.2, -0.15) is 5.10 Å². The number of hydrogen-bond donors (Lipinski definition) is 1. The summed E-state index contributed by atoms with van der Waals surface area (Å²) in [5.74, 6) is -0.194. The van der Waals surface area contributed by atoms with E-state index in [1.54, 1.807) is 24.3 Å². The number of hydrazone groups is 1. The lowest BCUT2D eigenvalue weighted by atomic mass is 10.1. The van der Waals surface area contributed by atoms with E-state index in [0.29, 0.717) is 11.3 Å². The Morgan fingerprint density at radius 3 is 2.62 bits per heavy atom. The van der Waals surface area contributed by atoms with Crippen LogP contribution in [0.4, 0.5) is 0 Å². The summed E-state index contributed by atoms with van der Waals surface area (Å²) in [5, 5.41) is 3.95. The maximum absolute atomic E-state index is 12.0. The van der Waals surface area contributed by atoms with Gasteiger partial charge in [-0.1, -0.05) is 28.1 Å². The van der Waals surface area contributed by atoms with Crippen LogP contribution >= 0.6 is 15.9 Å². The molecule has 0 aliphatic heterocycles. The molecule has 0 bridgehead atoms. The molecule has 7 nitrogen and oxygen atoms in total. The van der Waals surface area contributed by atoms with Crippen molar-refractivity contribution in [2.24, 2.45) is 5.10 Å². The minimum atomic E-state index is -0.630. The number of methoxy groups -OCH3 is 1. The summed E-state index contributed by atoms with van der Waals surface area (Å²) in [4.78, 5) is 24.0. The molecular weight excluding hydrogens is 440 g/mol. The molecule has 0 saturated heterocycles. The molecule has 0 atom stereocenters. The van der Waals surface area contributed by atoms with Gasteiger partial charge in [0.2, 0.25) is 11.7 Å². The van der Waals surface area contributed by atoms with E-state index in [2.05, 4.69) is 26.5 Å². The number of amides is 1. The van der Waals surface area contributed by atoms with Crippen LogP contribution in [0.3, 0.4) is 0 Å². The number of carbonyl (C=O) groups is 2. The molecule has 0 aliphatic carbocycles. The highest BCUT2D eigenvalue weighted by Gasteiger charge is 2.14. The van der Waals surface area contributed by atoms with Gasteiger partial charge in [0.25, 0.3) is 0 Å². The van der Waals surface area contributed by atoms with Gasteiger partial charge >= 0.3 is 5.97 Å². The quantitative estimate of drug-likeness (QED) is 0.251. The lowest BCUT2D eigenvalue weighted by molar-refractivity contribution is -0.120. The number of furan rings is 1. The van der Waals surface area contributed by atoms with Gasteiger partial charge in [0, 0.05) is 4.47 Å². The fourth-order valence-corrected chi connectivity index (χ4v) is 2.66. The second kappa shape index (κ2) is 9.70. The first kappa shape index (κ1) is 20.3. The number of carbonyl (C=O) groups excluding carboxylic acids is 2. The highest BCUT2D eigenvalue weighted by molar-refractivity contribution is 9.10. The van der Waals surface area contributed by atoms with Gasteiger partial charge in [-0.3, -0.25) is 4.79 Å². The summed E-state index contributed by atoms with van der Waals surface area (Å²) in [7, 11) is 1.46. The van der Waals surface area contributed by atoms with Gasteiger partial charge in [-0.15, -0.1) is 0 Å². The SMILES string of the molecule is COc1cc(/C=N\NC(=O)Cc2ccc(Br)cc2)ccc1OC(=O)c1ccco1. The van der Waals surface area contributed by atoms with Gasteiger partial charge < -0.3 is 13.9 Å². The van der Waals surface area contributed by atoms with Crippen LogP contribution in [0.15, 0.2) is 74.9 Å². The molecule has 8 heteroatoms. The average molecular weight is 457 g/mol. The Labute approximate surface area is 175 Å². The average Bonchev–Trinajstić information content (AvgIpc) is 3.26. The highest BCUT2D eigenvalue weighted by atomic mass is 79.9. The lowest BCUT2D eigenvalue weighted by Gasteiger charge is -2.09. The van der Waals surface area contributed by atoms with Gasteiger partial charge in [-0.25, -0.2) is 10.2 Å². The monoisotopic (exact) mass is 456 g/mol. The first-order valence-electron chi connectivity index (χ1n) is 8.55. The van der Waals surface area contributed by atoms with Crippen molar-refractivity contribution >= 4 is 34.0 Å².